The number of aromatic amines is 1. The molecule has 1 aliphatic rings. The molecule has 0 radical (unpaired) electrons. The van der Waals surface area contributed by atoms with E-state index in [-0.39, 0.29) is 5.56 Å². The highest BCUT2D eigenvalue weighted by atomic mass is 16.4. The molecule has 110 valence electrons. The number of nitrogens with zero attached hydrogens (tertiary/aromatic N) is 2. The number of carboxylic acid groups (broad SMARTS) is 1. The number of rotatable bonds is 2. The minimum absolute atomic E-state index is 0.104. The number of aromatic nitrogens is 2. The van der Waals surface area contributed by atoms with Crippen LogP contribution in [0, 0.1) is 0 Å². The Balaban J connectivity index is 1.89. The third-order valence-corrected chi connectivity index (χ3v) is 3.89. The molecule has 1 aromatic carbocycles. The summed E-state index contributed by atoms with van der Waals surface area (Å²) in [5.41, 5.74) is 2.64. The van der Waals surface area contributed by atoms with Gasteiger partial charge in [0.2, 0.25) is 0 Å². The summed E-state index contributed by atoms with van der Waals surface area (Å²) in [4.78, 5) is 24.5. The lowest BCUT2D eigenvalue weighted by molar-refractivity contribution is 0.147. The Hall–Kier alpha value is -2.50. The van der Waals surface area contributed by atoms with Crippen molar-refractivity contribution in [3.05, 3.63) is 57.5 Å². The molecule has 2 aromatic rings. The van der Waals surface area contributed by atoms with Crippen molar-refractivity contribution in [3.63, 3.8) is 0 Å². The number of amides is 1. The zero-order chi connectivity index (χ0) is 14.8. The van der Waals surface area contributed by atoms with E-state index in [1.807, 2.05) is 35.0 Å². The van der Waals surface area contributed by atoms with Gasteiger partial charge in [0.15, 0.2) is 0 Å². The van der Waals surface area contributed by atoms with Gasteiger partial charge in [-0.1, -0.05) is 30.3 Å². The molecule has 0 fully saturated rings. The lowest BCUT2D eigenvalue weighted by Crippen LogP contribution is -2.32. The van der Waals surface area contributed by atoms with E-state index in [1.165, 1.54) is 4.90 Å². The van der Waals surface area contributed by atoms with E-state index in [9.17, 15) is 9.59 Å². The second-order valence-electron chi connectivity index (χ2n) is 5.21. The highest BCUT2D eigenvalue weighted by molar-refractivity contribution is 5.65. The van der Waals surface area contributed by atoms with E-state index in [0.717, 1.165) is 16.8 Å². The van der Waals surface area contributed by atoms with Gasteiger partial charge in [0.1, 0.15) is 0 Å². The van der Waals surface area contributed by atoms with Gasteiger partial charge in [-0.2, -0.15) is 0 Å². The summed E-state index contributed by atoms with van der Waals surface area (Å²) in [7, 11) is 0. The molecule has 3 rings (SSSR count). The quantitative estimate of drug-likeness (QED) is 0.874. The van der Waals surface area contributed by atoms with Crippen LogP contribution in [0.2, 0.25) is 0 Å². The Bertz CT molecular complexity index is 703. The zero-order valence-corrected chi connectivity index (χ0v) is 11.6. The SMILES string of the molecule is O=C(O)N1CCc2c(n(Cc3ccccc3)[nH]c2=O)CC1. The fourth-order valence-electron chi connectivity index (χ4n) is 2.79. The van der Waals surface area contributed by atoms with Crippen molar-refractivity contribution in [2.45, 2.75) is 19.4 Å². The molecule has 0 bridgehead atoms. The molecule has 6 heteroatoms. The maximum atomic E-state index is 12.1. The highest BCUT2D eigenvalue weighted by Gasteiger charge is 2.22. The first kappa shape index (κ1) is 13.5. The molecule has 0 saturated heterocycles. The van der Waals surface area contributed by atoms with E-state index in [0.29, 0.717) is 32.5 Å². The maximum Gasteiger partial charge on any atom is 0.407 e. The molecule has 0 atom stereocenters. The van der Waals surface area contributed by atoms with E-state index >= 15 is 0 Å². The number of hydrogen-bond donors (Lipinski definition) is 2. The van der Waals surface area contributed by atoms with Crippen LogP contribution in [0.1, 0.15) is 16.8 Å². The summed E-state index contributed by atoms with van der Waals surface area (Å²) in [6.45, 7) is 1.40. The molecule has 21 heavy (non-hydrogen) atoms. The van der Waals surface area contributed by atoms with Crippen molar-refractivity contribution in [2.75, 3.05) is 13.1 Å². The van der Waals surface area contributed by atoms with Crippen LogP contribution in [0.15, 0.2) is 35.1 Å². The van der Waals surface area contributed by atoms with Gasteiger partial charge in [-0.3, -0.25) is 14.6 Å². The first-order valence-corrected chi connectivity index (χ1v) is 6.97. The average Bonchev–Trinajstić information content (AvgIpc) is 2.66. The minimum atomic E-state index is -0.925. The maximum absolute atomic E-state index is 12.1. The Kier molecular flexibility index (Phi) is 3.51. The van der Waals surface area contributed by atoms with Crippen molar-refractivity contribution >= 4 is 6.09 Å². The molecule has 1 aliphatic heterocycles. The third kappa shape index (κ3) is 2.69. The van der Waals surface area contributed by atoms with Crippen LogP contribution >= 0.6 is 0 Å². The standard InChI is InChI=1S/C15H17N3O3/c19-14-12-6-8-17(15(20)21)9-7-13(12)18(16-14)10-11-4-2-1-3-5-11/h1-5H,6-10H2,(H,16,19)(H,20,21). The number of carbonyl (C=O) groups is 1. The van der Waals surface area contributed by atoms with E-state index in [1.54, 1.807) is 0 Å². The Morgan fingerprint density at radius 1 is 1.19 bits per heavy atom. The smallest absolute Gasteiger partial charge is 0.407 e. The van der Waals surface area contributed by atoms with Gasteiger partial charge in [-0.25, -0.2) is 4.79 Å². The summed E-state index contributed by atoms with van der Waals surface area (Å²) in [5, 5.41) is 12.0. The molecule has 0 aliphatic carbocycles. The van der Waals surface area contributed by atoms with Gasteiger partial charge in [-0.15, -0.1) is 0 Å². The fourth-order valence-corrected chi connectivity index (χ4v) is 2.79. The van der Waals surface area contributed by atoms with Crippen LogP contribution in [0.3, 0.4) is 0 Å². The summed E-state index contributed by atoms with van der Waals surface area (Å²) in [5.74, 6) is 0. The Labute approximate surface area is 121 Å². The summed E-state index contributed by atoms with van der Waals surface area (Å²) in [6, 6.07) is 9.88. The molecule has 2 heterocycles. The lowest BCUT2D eigenvalue weighted by atomic mass is 10.1. The second-order valence-corrected chi connectivity index (χ2v) is 5.21. The average molecular weight is 287 g/mol. The summed E-state index contributed by atoms with van der Waals surface area (Å²) in [6.07, 6.45) is 0.109. The first-order valence-electron chi connectivity index (χ1n) is 6.97. The van der Waals surface area contributed by atoms with Crippen molar-refractivity contribution in [3.8, 4) is 0 Å². The minimum Gasteiger partial charge on any atom is -0.465 e. The monoisotopic (exact) mass is 287 g/mol. The second kappa shape index (κ2) is 5.47. The summed E-state index contributed by atoms with van der Waals surface area (Å²) >= 11 is 0. The van der Waals surface area contributed by atoms with Crippen molar-refractivity contribution in [2.24, 2.45) is 0 Å². The van der Waals surface area contributed by atoms with E-state index in [2.05, 4.69) is 5.10 Å². The van der Waals surface area contributed by atoms with Gasteiger partial charge in [-0.05, 0) is 12.0 Å². The highest BCUT2D eigenvalue weighted by Crippen LogP contribution is 2.14. The molecule has 1 amide bonds. The number of hydrogen-bond acceptors (Lipinski definition) is 2. The number of fused-ring (bicyclic) bond motifs is 1. The number of nitrogens with one attached hydrogen (secondary N) is 1. The largest absolute Gasteiger partial charge is 0.465 e. The van der Waals surface area contributed by atoms with Gasteiger partial charge in [0.25, 0.3) is 5.56 Å². The van der Waals surface area contributed by atoms with Gasteiger partial charge in [0, 0.05) is 30.8 Å². The number of H-pyrrole nitrogens is 1. The Morgan fingerprint density at radius 3 is 2.62 bits per heavy atom. The first-order chi connectivity index (χ1) is 10.1. The van der Waals surface area contributed by atoms with Crippen molar-refractivity contribution in [1.82, 2.24) is 14.7 Å². The van der Waals surface area contributed by atoms with Crippen LogP contribution in [0.4, 0.5) is 4.79 Å². The predicted molar refractivity (Wildman–Crippen MR) is 77.6 cm³/mol. The van der Waals surface area contributed by atoms with Gasteiger partial charge < -0.3 is 10.0 Å². The van der Waals surface area contributed by atoms with Crippen LogP contribution in [-0.4, -0.2) is 39.0 Å². The van der Waals surface area contributed by atoms with Crippen molar-refractivity contribution < 1.29 is 9.90 Å². The molecule has 0 saturated carbocycles. The molecular weight excluding hydrogens is 270 g/mol. The molecular formula is C15H17N3O3. The zero-order valence-electron chi connectivity index (χ0n) is 11.6. The van der Waals surface area contributed by atoms with Gasteiger partial charge >= 0.3 is 6.09 Å². The molecule has 0 unspecified atom stereocenters. The third-order valence-electron chi connectivity index (χ3n) is 3.89. The van der Waals surface area contributed by atoms with E-state index in [4.69, 9.17) is 5.11 Å². The lowest BCUT2D eigenvalue weighted by Gasteiger charge is -2.15. The number of benzene rings is 1. The molecule has 1 aromatic heterocycles. The molecule has 6 nitrogen and oxygen atoms in total. The van der Waals surface area contributed by atoms with Crippen molar-refractivity contribution in [1.29, 1.82) is 0 Å². The van der Waals surface area contributed by atoms with Gasteiger partial charge in [0.05, 0.1) is 6.54 Å². The predicted octanol–water partition coefficient (Wildman–Crippen LogP) is 1.30. The fraction of sp³-hybridized carbons (Fsp3) is 0.333. The normalized spacial score (nSPS) is 14.6. The summed E-state index contributed by atoms with van der Waals surface area (Å²) < 4.78 is 1.85. The Morgan fingerprint density at radius 2 is 1.90 bits per heavy atom. The molecule has 0 spiro atoms. The van der Waals surface area contributed by atoms with Crippen LogP contribution in [-0.2, 0) is 19.4 Å². The van der Waals surface area contributed by atoms with Crippen LogP contribution in [0.25, 0.3) is 0 Å². The van der Waals surface area contributed by atoms with Crippen LogP contribution < -0.4 is 5.56 Å². The molecule has 2 N–H and O–H groups in total. The topological polar surface area (TPSA) is 78.3 Å². The van der Waals surface area contributed by atoms with E-state index < -0.39 is 6.09 Å². The van der Waals surface area contributed by atoms with Crippen LogP contribution in [0.5, 0.6) is 0 Å².